The van der Waals surface area contributed by atoms with Crippen molar-refractivity contribution < 1.29 is 9.47 Å². The van der Waals surface area contributed by atoms with Gasteiger partial charge >= 0.3 is 0 Å². The Hall–Kier alpha value is -1.72. The van der Waals surface area contributed by atoms with E-state index < -0.39 is 0 Å². The van der Waals surface area contributed by atoms with Crippen LogP contribution in [0.25, 0.3) is 10.9 Å². The molecule has 1 heterocycles. The molecule has 11 heteroatoms. The summed E-state index contributed by atoms with van der Waals surface area (Å²) in [5.41, 5.74) is 1.95. The lowest BCUT2D eigenvalue weighted by Crippen LogP contribution is -2.23. The number of ether oxygens (including phenoxy) is 2. The van der Waals surface area contributed by atoms with Crippen LogP contribution < -0.4 is 15.0 Å². The van der Waals surface area contributed by atoms with Gasteiger partial charge in [-0.1, -0.05) is 79.3 Å². The highest BCUT2D eigenvalue weighted by molar-refractivity contribution is 9.11. The molecule has 0 saturated heterocycles. The third-order valence-electron chi connectivity index (χ3n) is 6.04. The smallest absolute Gasteiger partial charge is 0.282 e. The van der Waals surface area contributed by atoms with E-state index in [1.807, 2.05) is 51.1 Å². The van der Waals surface area contributed by atoms with E-state index >= 15 is 0 Å². The van der Waals surface area contributed by atoms with Crippen LogP contribution in [-0.2, 0) is 6.61 Å². The molecule has 204 valence electrons. The van der Waals surface area contributed by atoms with Crippen LogP contribution in [0, 0.1) is 0 Å². The molecule has 0 N–H and O–H groups in total. The summed E-state index contributed by atoms with van der Waals surface area (Å²) in [6.07, 6.45) is 2.38. The van der Waals surface area contributed by atoms with Crippen LogP contribution in [-0.4, -0.2) is 22.5 Å². The zero-order valence-electron chi connectivity index (χ0n) is 21.3. The molecule has 0 radical (unpaired) electrons. The SMILES string of the molecule is CCOc1cc(C=Nn2c([C@@H](C)CC)nc3ccc(Br)cc3c2=O)c(Br)c(Cl)c1OCc1ccc(Br)cc1Br. The summed E-state index contributed by atoms with van der Waals surface area (Å²) in [6.45, 7) is 6.64. The van der Waals surface area contributed by atoms with E-state index in [-0.39, 0.29) is 18.1 Å². The van der Waals surface area contributed by atoms with Crippen molar-refractivity contribution in [3.8, 4) is 11.5 Å². The van der Waals surface area contributed by atoms with Crippen molar-refractivity contribution in [3.63, 3.8) is 0 Å². The maximum atomic E-state index is 13.5. The Bertz CT molecular complexity index is 1620. The van der Waals surface area contributed by atoms with E-state index in [0.29, 0.717) is 49.9 Å². The van der Waals surface area contributed by atoms with Gasteiger partial charge in [0, 0.05) is 34.9 Å². The number of hydrogen-bond donors (Lipinski definition) is 0. The average Bonchev–Trinajstić information content (AvgIpc) is 2.91. The Morgan fingerprint density at radius 3 is 2.46 bits per heavy atom. The van der Waals surface area contributed by atoms with Crippen LogP contribution in [0.4, 0.5) is 0 Å². The second kappa shape index (κ2) is 13.3. The topological polar surface area (TPSA) is 65.7 Å². The number of hydrogen-bond acceptors (Lipinski definition) is 5. The largest absolute Gasteiger partial charge is 0.490 e. The Balaban J connectivity index is 1.76. The lowest BCUT2D eigenvalue weighted by Gasteiger charge is -2.17. The number of aromatic nitrogens is 2. The lowest BCUT2D eigenvalue weighted by molar-refractivity contribution is 0.269. The van der Waals surface area contributed by atoms with Gasteiger partial charge in [0.05, 0.1) is 23.7 Å². The van der Waals surface area contributed by atoms with Gasteiger partial charge in [0.15, 0.2) is 11.5 Å². The van der Waals surface area contributed by atoms with Gasteiger partial charge in [-0.15, -0.1) is 0 Å². The van der Waals surface area contributed by atoms with Gasteiger partial charge in [-0.05, 0) is 65.7 Å². The first-order valence-electron chi connectivity index (χ1n) is 12.1. The van der Waals surface area contributed by atoms with E-state index in [2.05, 4.69) is 68.8 Å². The number of halogens is 5. The van der Waals surface area contributed by atoms with E-state index in [1.165, 1.54) is 4.68 Å². The maximum absolute atomic E-state index is 13.5. The summed E-state index contributed by atoms with van der Waals surface area (Å²) in [6, 6.07) is 13.1. The molecule has 3 aromatic carbocycles. The van der Waals surface area contributed by atoms with Gasteiger partial charge in [-0.25, -0.2) is 4.98 Å². The first kappa shape index (κ1) is 30.2. The zero-order chi connectivity index (χ0) is 28.3. The number of nitrogens with zero attached hydrogens (tertiary/aromatic N) is 3. The highest BCUT2D eigenvalue weighted by atomic mass is 79.9. The molecule has 1 aromatic heterocycles. The van der Waals surface area contributed by atoms with E-state index in [9.17, 15) is 4.79 Å². The van der Waals surface area contributed by atoms with Gasteiger partial charge in [0.1, 0.15) is 17.5 Å². The van der Waals surface area contributed by atoms with Crippen molar-refractivity contribution in [1.29, 1.82) is 0 Å². The molecular formula is C28H24Br4ClN3O3. The second-order valence-corrected chi connectivity index (χ2v) is 12.5. The summed E-state index contributed by atoms with van der Waals surface area (Å²) in [7, 11) is 0. The molecule has 0 aliphatic carbocycles. The molecule has 0 amide bonds. The lowest BCUT2D eigenvalue weighted by atomic mass is 10.1. The third kappa shape index (κ3) is 6.78. The standard InChI is InChI=1S/C28H24Br4ClN3O3/c1-4-15(3)27-35-22-9-8-18(29)11-20(22)28(37)36(27)34-13-17-10-23(38-5-2)26(25(33)24(17)32)39-14-16-6-7-19(30)12-21(16)31/h6-13,15H,4-5,14H2,1-3H3/t15-/m0/s1. The van der Waals surface area contributed by atoms with Crippen LogP contribution >= 0.6 is 75.3 Å². The maximum Gasteiger partial charge on any atom is 0.282 e. The first-order chi connectivity index (χ1) is 18.6. The molecule has 4 rings (SSSR count). The van der Waals surface area contributed by atoms with E-state index in [0.717, 1.165) is 25.4 Å². The number of fused-ring (bicyclic) bond motifs is 1. The predicted molar refractivity (Wildman–Crippen MR) is 172 cm³/mol. The Morgan fingerprint density at radius 2 is 1.77 bits per heavy atom. The normalized spacial score (nSPS) is 12.3. The minimum Gasteiger partial charge on any atom is -0.490 e. The van der Waals surface area contributed by atoms with Crippen molar-refractivity contribution in [2.45, 2.75) is 39.7 Å². The summed E-state index contributed by atoms with van der Waals surface area (Å²) >= 11 is 20.8. The third-order valence-corrected chi connectivity index (χ3v) is 9.21. The Morgan fingerprint density at radius 1 is 1.05 bits per heavy atom. The fraction of sp³-hybridized carbons (Fsp3) is 0.250. The van der Waals surface area contributed by atoms with Crippen molar-refractivity contribution in [3.05, 3.63) is 92.7 Å². The minimum atomic E-state index is -0.250. The van der Waals surface area contributed by atoms with Crippen LogP contribution in [0.5, 0.6) is 11.5 Å². The molecule has 4 aromatic rings. The molecule has 0 unspecified atom stereocenters. The Kier molecular flexibility index (Phi) is 10.3. The fourth-order valence-electron chi connectivity index (χ4n) is 3.78. The summed E-state index contributed by atoms with van der Waals surface area (Å²) in [5.74, 6) is 1.48. The quantitative estimate of drug-likeness (QED) is 0.158. The van der Waals surface area contributed by atoms with Crippen molar-refractivity contribution >= 4 is 92.4 Å². The first-order valence-corrected chi connectivity index (χ1v) is 15.7. The molecule has 6 nitrogen and oxygen atoms in total. The number of benzene rings is 3. The molecule has 0 aliphatic heterocycles. The molecule has 39 heavy (non-hydrogen) atoms. The van der Waals surface area contributed by atoms with Crippen LogP contribution in [0.2, 0.25) is 5.02 Å². The minimum absolute atomic E-state index is 0.0163. The monoisotopic (exact) mass is 801 g/mol. The van der Waals surface area contributed by atoms with Crippen molar-refractivity contribution in [2.24, 2.45) is 5.10 Å². The Labute approximate surface area is 265 Å². The molecule has 1 atom stereocenters. The van der Waals surface area contributed by atoms with Gasteiger partial charge in [0.25, 0.3) is 5.56 Å². The van der Waals surface area contributed by atoms with Gasteiger partial charge in [-0.2, -0.15) is 9.78 Å². The van der Waals surface area contributed by atoms with Crippen LogP contribution in [0.1, 0.15) is 50.1 Å². The summed E-state index contributed by atoms with van der Waals surface area (Å²) in [4.78, 5) is 18.3. The molecule has 0 bridgehead atoms. The molecule has 0 fully saturated rings. The zero-order valence-corrected chi connectivity index (χ0v) is 28.4. The summed E-state index contributed by atoms with van der Waals surface area (Å²) in [5, 5.41) is 5.39. The van der Waals surface area contributed by atoms with Crippen LogP contribution in [0.3, 0.4) is 0 Å². The highest BCUT2D eigenvalue weighted by Gasteiger charge is 2.19. The highest BCUT2D eigenvalue weighted by Crippen LogP contribution is 2.43. The van der Waals surface area contributed by atoms with Gasteiger partial charge in [-0.3, -0.25) is 4.79 Å². The molecule has 0 aliphatic rings. The second-order valence-electron chi connectivity index (χ2n) is 8.68. The predicted octanol–water partition coefficient (Wildman–Crippen LogP) is 9.47. The van der Waals surface area contributed by atoms with Crippen molar-refractivity contribution in [2.75, 3.05) is 6.61 Å². The van der Waals surface area contributed by atoms with Gasteiger partial charge < -0.3 is 9.47 Å². The molecular weight excluding hydrogens is 781 g/mol. The van der Waals surface area contributed by atoms with Crippen molar-refractivity contribution in [1.82, 2.24) is 9.66 Å². The summed E-state index contributed by atoms with van der Waals surface area (Å²) < 4.78 is 16.6. The van der Waals surface area contributed by atoms with E-state index in [4.69, 9.17) is 26.1 Å². The fourth-order valence-corrected chi connectivity index (χ4v) is 5.96. The van der Waals surface area contributed by atoms with Gasteiger partial charge in [0.2, 0.25) is 0 Å². The van der Waals surface area contributed by atoms with E-state index in [1.54, 1.807) is 18.3 Å². The van der Waals surface area contributed by atoms with Crippen LogP contribution in [0.15, 0.2) is 70.3 Å². The molecule has 0 saturated carbocycles. The number of rotatable bonds is 9. The average molecular weight is 806 g/mol. The molecule has 0 spiro atoms.